The third-order valence-corrected chi connectivity index (χ3v) is 3.43. The number of nitrogens with two attached hydrogens (primary N) is 1. The van der Waals surface area contributed by atoms with Gasteiger partial charge >= 0.3 is 5.91 Å². The summed E-state index contributed by atoms with van der Waals surface area (Å²) in [5.74, 6) is 5.76. The van der Waals surface area contributed by atoms with E-state index in [1.807, 2.05) is 32.2 Å². The minimum absolute atomic E-state index is 0.275. The number of carbonyl (C=O) groups excluding carboxylic acids is 1. The van der Waals surface area contributed by atoms with Crippen LogP contribution in [0.15, 0.2) is 34.7 Å². The standard InChI is InChI=1S/C16H21N3O2/c1-11-6-4-5-7-13(11)9-19(3)10-14-8-12(2)15(21-14)16(20)18-17/h4-8H,9-10,17H2,1-3H3,(H,18,20). The van der Waals surface area contributed by atoms with Crippen LogP contribution in [0.25, 0.3) is 0 Å². The molecule has 2 rings (SSSR count). The highest BCUT2D eigenvalue weighted by molar-refractivity contribution is 5.92. The molecule has 0 saturated heterocycles. The molecule has 21 heavy (non-hydrogen) atoms. The van der Waals surface area contributed by atoms with Crippen LogP contribution >= 0.6 is 0 Å². The average Bonchev–Trinajstić information content (AvgIpc) is 2.81. The van der Waals surface area contributed by atoms with Crippen LogP contribution < -0.4 is 11.3 Å². The monoisotopic (exact) mass is 287 g/mol. The molecule has 1 aromatic carbocycles. The van der Waals surface area contributed by atoms with Crippen molar-refractivity contribution in [3.8, 4) is 0 Å². The lowest BCUT2D eigenvalue weighted by molar-refractivity contribution is 0.0921. The Bertz CT molecular complexity index is 634. The van der Waals surface area contributed by atoms with Crippen molar-refractivity contribution >= 4 is 5.91 Å². The van der Waals surface area contributed by atoms with Crippen molar-refractivity contribution in [2.45, 2.75) is 26.9 Å². The molecule has 5 nitrogen and oxygen atoms in total. The zero-order valence-electron chi connectivity index (χ0n) is 12.6. The summed E-state index contributed by atoms with van der Waals surface area (Å²) in [5.41, 5.74) is 5.43. The molecule has 0 aliphatic heterocycles. The van der Waals surface area contributed by atoms with Crippen LogP contribution in [0.1, 0.15) is 33.0 Å². The summed E-state index contributed by atoms with van der Waals surface area (Å²) >= 11 is 0. The normalized spacial score (nSPS) is 10.9. The molecule has 0 unspecified atom stereocenters. The van der Waals surface area contributed by atoms with Gasteiger partial charge in [-0.15, -0.1) is 0 Å². The zero-order valence-corrected chi connectivity index (χ0v) is 12.6. The van der Waals surface area contributed by atoms with E-state index in [1.165, 1.54) is 11.1 Å². The van der Waals surface area contributed by atoms with E-state index in [-0.39, 0.29) is 5.76 Å². The number of nitrogens with zero attached hydrogens (tertiary/aromatic N) is 1. The van der Waals surface area contributed by atoms with Gasteiger partial charge < -0.3 is 4.42 Å². The molecule has 1 heterocycles. The number of rotatable bonds is 5. The smallest absolute Gasteiger partial charge is 0.301 e. The number of hydrogen-bond acceptors (Lipinski definition) is 4. The molecule has 0 spiro atoms. The van der Waals surface area contributed by atoms with Crippen LogP contribution in [-0.4, -0.2) is 17.9 Å². The molecule has 3 N–H and O–H groups in total. The van der Waals surface area contributed by atoms with Crippen molar-refractivity contribution in [2.75, 3.05) is 7.05 Å². The maximum absolute atomic E-state index is 11.5. The van der Waals surface area contributed by atoms with E-state index in [2.05, 4.69) is 29.4 Å². The summed E-state index contributed by atoms with van der Waals surface area (Å²) < 4.78 is 5.57. The highest BCUT2D eigenvalue weighted by Crippen LogP contribution is 2.17. The van der Waals surface area contributed by atoms with E-state index in [4.69, 9.17) is 10.3 Å². The molecule has 0 aliphatic rings. The third kappa shape index (κ3) is 3.71. The molecule has 0 fully saturated rings. The molecular formula is C16H21N3O2. The number of furan rings is 1. The Hall–Kier alpha value is -2.11. The number of hydrogen-bond donors (Lipinski definition) is 2. The number of carbonyl (C=O) groups is 1. The number of hydrazine groups is 1. The Kier molecular flexibility index (Phi) is 4.77. The van der Waals surface area contributed by atoms with Crippen molar-refractivity contribution in [3.63, 3.8) is 0 Å². The van der Waals surface area contributed by atoms with Crippen molar-refractivity contribution in [2.24, 2.45) is 5.84 Å². The largest absolute Gasteiger partial charge is 0.454 e. The first kappa shape index (κ1) is 15.3. The first-order chi connectivity index (χ1) is 10.0. The van der Waals surface area contributed by atoms with Crippen LogP contribution in [-0.2, 0) is 13.1 Å². The van der Waals surface area contributed by atoms with E-state index >= 15 is 0 Å². The minimum atomic E-state index is -0.402. The van der Waals surface area contributed by atoms with E-state index < -0.39 is 5.91 Å². The van der Waals surface area contributed by atoms with E-state index in [0.29, 0.717) is 6.54 Å². The predicted molar refractivity (Wildman–Crippen MR) is 81.4 cm³/mol. The second-order valence-electron chi connectivity index (χ2n) is 5.30. The summed E-state index contributed by atoms with van der Waals surface area (Å²) in [6.07, 6.45) is 0. The van der Waals surface area contributed by atoms with Crippen LogP contribution in [0.3, 0.4) is 0 Å². The van der Waals surface area contributed by atoms with Gasteiger partial charge in [-0.3, -0.25) is 15.1 Å². The second-order valence-corrected chi connectivity index (χ2v) is 5.30. The Labute approximate surface area is 124 Å². The zero-order chi connectivity index (χ0) is 15.4. The summed E-state index contributed by atoms with van der Waals surface area (Å²) in [6, 6.07) is 10.2. The van der Waals surface area contributed by atoms with Crippen LogP contribution in [0.2, 0.25) is 0 Å². The van der Waals surface area contributed by atoms with Crippen LogP contribution in [0.5, 0.6) is 0 Å². The van der Waals surface area contributed by atoms with Crippen molar-refractivity contribution in [1.29, 1.82) is 0 Å². The minimum Gasteiger partial charge on any atom is -0.454 e. The maximum Gasteiger partial charge on any atom is 0.301 e. The number of benzene rings is 1. The Balaban J connectivity index is 2.05. The van der Waals surface area contributed by atoms with Gasteiger partial charge in [0.1, 0.15) is 5.76 Å². The van der Waals surface area contributed by atoms with Gasteiger partial charge in [-0.25, -0.2) is 5.84 Å². The highest BCUT2D eigenvalue weighted by Gasteiger charge is 2.15. The number of nitrogens with one attached hydrogen (secondary N) is 1. The molecule has 5 heteroatoms. The summed E-state index contributed by atoms with van der Waals surface area (Å²) in [5, 5.41) is 0. The average molecular weight is 287 g/mol. The lowest BCUT2D eigenvalue weighted by Gasteiger charge is -2.16. The molecule has 0 radical (unpaired) electrons. The molecule has 1 amide bonds. The van der Waals surface area contributed by atoms with Gasteiger partial charge in [-0.2, -0.15) is 0 Å². The Morgan fingerprint density at radius 1 is 1.24 bits per heavy atom. The van der Waals surface area contributed by atoms with E-state index in [0.717, 1.165) is 17.9 Å². The summed E-state index contributed by atoms with van der Waals surface area (Å²) in [6.45, 7) is 5.39. The fourth-order valence-electron chi connectivity index (χ4n) is 2.32. The van der Waals surface area contributed by atoms with Gasteiger partial charge in [0.05, 0.1) is 6.54 Å². The van der Waals surface area contributed by atoms with Crippen molar-refractivity contribution in [3.05, 3.63) is 58.5 Å². The summed E-state index contributed by atoms with van der Waals surface area (Å²) in [7, 11) is 2.02. The first-order valence-electron chi connectivity index (χ1n) is 6.84. The lowest BCUT2D eigenvalue weighted by atomic mass is 10.1. The Morgan fingerprint density at radius 2 is 1.95 bits per heavy atom. The maximum atomic E-state index is 11.5. The fourth-order valence-corrected chi connectivity index (χ4v) is 2.32. The van der Waals surface area contributed by atoms with Crippen LogP contribution in [0, 0.1) is 13.8 Å². The number of nitrogen functional groups attached to an aromatic ring is 1. The van der Waals surface area contributed by atoms with Crippen molar-refractivity contribution < 1.29 is 9.21 Å². The van der Waals surface area contributed by atoms with Crippen molar-refractivity contribution in [1.82, 2.24) is 10.3 Å². The molecule has 0 saturated carbocycles. The predicted octanol–water partition coefficient (Wildman–Crippen LogP) is 2.13. The third-order valence-electron chi connectivity index (χ3n) is 3.43. The topological polar surface area (TPSA) is 71.5 Å². The van der Waals surface area contributed by atoms with E-state index in [1.54, 1.807) is 0 Å². The van der Waals surface area contributed by atoms with Gasteiger partial charge in [-0.05, 0) is 38.1 Å². The van der Waals surface area contributed by atoms with Gasteiger partial charge in [0, 0.05) is 12.1 Å². The van der Waals surface area contributed by atoms with Gasteiger partial charge in [0.25, 0.3) is 0 Å². The molecule has 0 aliphatic carbocycles. The second kappa shape index (κ2) is 6.56. The SMILES string of the molecule is Cc1ccccc1CN(C)Cc1cc(C)c(C(=O)NN)o1. The summed E-state index contributed by atoms with van der Waals surface area (Å²) in [4.78, 5) is 13.7. The fraction of sp³-hybridized carbons (Fsp3) is 0.312. The van der Waals surface area contributed by atoms with Gasteiger partial charge in [0.2, 0.25) is 0 Å². The quantitative estimate of drug-likeness (QED) is 0.502. The lowest BCUT2D eigenvalue weighted by Crippen LogP contribution is -2.30. The molecule has 2 aromatic rings. The first-order valence-corrected chi connectivity index (χ1v) is 6.84. The molecule has 0 atom stereocenters. The number of amides is 1. The molecule has 0 bridgehead atoms. The van der Waals surface area contributed by atoms with Gasteiger partial charge in [0.15, 0.2) is 5.76 Å². The van der Waals surface area contributed by atoms with Crippen LogP contribution in [0.4, 0.5) is 0 Å². The van der Waals surface area contributed by atoms with E-state index in [9.17, 15) is 4.79 Å². The molecule has 112 valence electrons. The molecule has 1 aromatic heterocycles. The highest BCUT2D eigenvalue weighted by atomic mass is 16.4. The molecular weight excluding hydrogens is 266 g/mol. The Morgan fingerprint density at radius 3 is 2.62 bits per heavy atom. The van der Waals surface area contributed by atoms with Gasteiger partial charge in [-0.1, -0.05) is 24.3 Å². The number of aryl methyl sites for hydroxylation is 2.